The molecule has 0 fully saturated rings. The van der Waals surface area contributed by atoms with Crippen LogP contribution in [-0.4, -0.2) is 26.3 Å². The van der Waals surface area contributed by atoms with E-state index >= 15 is 0 Å². The molecule has 4 heteroatoms. The van der Waals surface area contributed by atoms with E-state index in [-0.39, 0.29) is 0 Å². The molecule has 3 heterocycles. The predicted molar refractivity (Wildman–Crippen MR) is 93.4 cm³/mol. The van der Waals surface area contributed by atoms with Crippen molar-refractivity contribution < 1.29 is 0 Å². The van der Waals surface area contributed by atoms with Gasteiger partial charge in [-0.3, -0.25) is 0 Å². The molecule has 96 valence electrons. The molecule has 1 aliphatic heterocycles. The van der Waals surface area contributed by atoms with Gasteiger partial charge in [0.05, 0.1) is 0 Å². The number of thiophene rings is 2. The van der Waals surface area contributed by atoms with Crippen molar-refractivity contribution in [2.75, 3.05) is 0 Å². The fraction of sp³-hybridized carbons (Fsp3) is 0. The zero-order valence-corrected chi connectivity index (χ0v) is 15.3. The van der Waals surface area contributed by atoms with E-state index in [4.69, 9.17) is 0 Å². The maximum absolute atomic E-state index is 2.31. The van der Waals surface area contributed by atoms with Crippen molar-refractivity contribution in [1.82, 2.24) is 0 Å². The number of fused-ring (bicyclic) bond motifs is 7. The normalized spacial score (nSPS) is 13.6. The molecule has 2 aromatic carbocycles. The van der Waals surface area contributed by atoms with Crippen LogP contribution in [0.25, 0.3) is 29.9 Å². The Hall–Kier alpha value is -0.601. The van der Waals surface area contributed by atoms with E-state index < -0.39 is 0 Å². The van der Waals surface area contributed by atoms with Crippen molar-refractivity contribution in [2.45, 2.75) is 0 Å². The van der Waals surface area contributed by atoms with Gasteiger partial charge in [0.15, 0.2) is 0 Å². The van der Waals surface area contributed by atoms with Gasteiger partial charge in [0.2, 0.25) is 0 Å². The standard InChI is InChI=1S/C16H8S2Se2/c1-3-7-11-9(5-1)15-13(17-11)14-16(20-19-15)10-6-2-4-8-12(10)18-14/h1-8H. The number of hydrogen-bond acceptors (Lipinski definition) is 2. The molecule has 0 bridgehead atoms. The summed E-state index contributed by atoms with van der Waals surface area (Å²) in [4.78, 5) is 3.13. The van der Waals surface area contributed by atoms with E-state index in [9.17, 15) is 0 Å². The van der Waals surface area contributed by atoms with Crippen LogP contribution < -0.4 is 8.92 Å². The summed E-state index contributed by atoms with van der Waals surface area (Å²) >= 11 is 5.26. The number of rotatable bonds is 0. The van der Waals surface area contributed by atoms with E-state index in [0.29, 0.717) is 26.3 Å². The van der Waals surface area contributed by atoms with Crippen molar-refractivity contribution in [1.29, 1.82) is 0 Å². The summed E-state index contributed by atoms with van der Waals surface area (Å²) in [5, 5.41) is 3.02. The molecule has 0 nitrogen and oxygen atoms in total. The molecule has 0 atom stereocenters. The van der Waals surface area contributed by atoms with E-state index in [1.54, 1.807) is 18.7 Å². The Morgan fingerprint density at radius 2 is 1.05 bits per heavy atom. The topological polar surface area (TPSA) is 0 Å². The van der Waals surface area contributed by atoms with E-state index in [1.165, 1.54) is 20.2 Å². The van der Waals surface area contributed by atoms with Crippen LogP contribution in [-0.2, 0) is 0 Å². The maximum atomic E-state index is 2.31. The number of hydrogen-bond donors (Lipinski definition) is 0. The molecule has 0 saturated carbocycles. The van der Waals surface area contributed by atoms with Crippen molar-refractivity contribution >= 4 is 78.0 Å². The molecule has 0 amide bonds. The second kappa shape index (κ2) is 4.44. The summed E-state index contributed by atoms with van der Waals surface area (Å²) in [5.74, 6) is 0. The summed E-state index contributed by atoms with van der Waals surface area (Å²) in [6, 6.07) is 17.8. The first kappa shape index (κ1) is 12.0. The minimum atomic E-state index is 0.638. The Morgan fingerprint density at radius 1 is 0.600 bits per heavy atom. The Morgan fingerprint density at radius 3 is 1.55 bits per heavy atom. The Bertz CT molecular complexity index is 885. The fourth-order valence-corrected chi connectivity index (χ4v) is 15.5. The van der Waals surface area contributed by atoms with Gasteiger partial charge in [-0.15, -0.1) is 0 Å². The van der Waals surface area contributed by atoms with Crippen molar-refractivity contribution in [3.8, 4) is 9.75 Å². The van der Waals surface area contributed by atoms with E-state index in [0.717, 1.165) is 0 Å². The molecule has 4 aromatic rings. The van der Waals surface area contributed by atoms with Gasteiger partial charge in [0.25, 0.3) is 0 Å². The van der Waals surface area contributed by atoms with Crippen LogP contribution in [0.1, 0.15) is 0 Å². The third-order valence-corrected chi connectivity index (χ3v) is 13.8. The van der Waals surface area contributed by atoms with Gasteiger partial charge in [-0.05, 0) is 0 Å². The average molecular weight is 422 g/mol. The van der Waals surface area contributed by atoms with Crippen LogP contribution in [0, 0.1) is 0 Å². The Labute approximate surface area is 135 Å². The van der Waals surface area contributed by atoms with Crippen molar-refractivity contribution in [3.63, 3.8) is 0 Å². The Kier molecular flexibility index (Phi) is 2.67. The second-order valence-electron chi connectivity index (χ2n) is 4.68. The molecule has 0 aliphatic carbocycles. The van der Waals surface area contributed by atoms with Gasteiger partial charge < -0.3 is 0 Å². The molecule has 1 aliphatic rings. The molecule has 5 rings (SSSR count). The zero-order chi connectivity index (χ0) is 13.1. The van der Waals surface area contributed by atoms with Crippen LogP contribution in [0.2, 0.25) is 0 Å². The third-order valence-electron chi connectivity index (χ3n) is 3.51. The van der Waals surface area contributed by atoms with E-state index in [2.05, 4.69) is 48.5 Å². The average Bonchev–Trinajstić information content (AvgIpc) is 3.05. The van der Waals surface area contributed by atoms with Gasteiger partial charge in [-0.25, -0.2) is 0 Å². The molecule has 2 aromatic heterocycles. The molecular formula is C16H8S2Se2. The molecule has 0 N–H and O–H groups in total. The van der Waals surface area contributed by atoms with Crippen LogP contribution in [0.15, 0.2) is 48.5 Å². The summed E-state index contributed by atoms with van der Waals surface area (Å²) in [5.41, 5.74) is 0. The Balaban J connectivity index is 1.91. The molecule has 0 saturated heterocycles. The minimum absolute atomic E-state index is 0.638. The van der Waals surface area contributed by atoms with Crippen LogP contribution in [0.4, 0.5) is 0 Å². The van der Waals surface area contributed by atoms with Gasteiger partial charge >= 0.3 is 136 Å². The van der Waals surface area contributed by atoms with Gasteiger partial charge in [0, 0.05) is 0 Å². The first-order valence-corrected chi connectivity index (χ1v) is 14.0. The monoisotopic (exact) mass is 424 g/mol. The van der Waals surface area contributed by atoms with Crippen LogP contribution in [0.3, 0.4) is 0 Å². The molecule has 20 heavy (non-hydrogen) atoms. The van der Waals surface area contributed by atoms with E-state index in [1.807, 2.05) is 22.7 Å². The van der Waals surface area contributed by atoms with Gasteiger partial charge in [-0.2, -0.15) is 0 Å². The number of benzene rings is 2. The summed E-state index contributed by atoms with van der Waals surface area (Å²) in [7, 11) is 0. The molecule has 0 unspecified atom stereocenters. The second-order valence-corrected chi connectivity index (χ2v) is 12.8. The zero-order valence-electron chi connectivity index (χ0n) is 10.3. The van der Waals surface area contributed by atoms with Crippen LogP contribution in [0.5, 0.6) is 0 Å². The predicted octanol–water partition coefficient (Wildman–Crippen LogP) is 3.37. The first-order valence-electron chi connectivity index (χ1n) is 6.30. The first-order chi connectivity index (χ1) is 9.92. The summed E-state index contributed by atoms with van der Waals surface area (Å²) in [6.45, 7) is 0. The summed E-state index contributed by atoms with van der Waals surface area (Å²) in [6.07, 6.45) is 0. The van der Waals surface area contributed by atoms with Gasteiger partial charge in [-0.1, -0.05) is 0 Å². The SMILES string of the molecule is c1ccc2c3c(sc2c1)-c1sc2ccccc2c1[Se][Se]3. The molecule has 0 radical (unpaired) electrons. The molecule has 0 spiro atoms. The fourth-order valence-electron chi connectivity index (χ4n) is 2.59. The van der Waals surface area contributed by atoms with Crippen molar-refractivity contribution in [2.24, 2.45) is 0 Å². The summed E-state index contributed by atoms with van der Waals surface area (Å²) < 4.78 is 6.25. The van der Waals surface area contributed by atoms with Crippen LogP contribution >= 0.6 is 22.7 Å². The van der Waals surface area contributed by atoms with Crippen molar-refractivity contribution in [3.05, 3.63) is 48.5 Å². The molecular weight excluding hydrogens is 414 g/mol. The third kappa shape index (κ3) is 1.58. The van der Waals surface area contributed by atoms with Gasteiger partial charge in [0.1, 0.15) is 0 Å². The quantitative estimate of drug-likeness (QED) is 0.382.